The summed E-state index contributed by atoms with van der Waals surface area (Å²) in [5, 5.41) is 20.2. The number of aromatic hydroxyl groups is 2. The zero-order valence-electron chi connectivity index (χ0n) is 20.5. The summed E-state index contributed by atoms with van der Waals surface area (Å²) in [6.45, 7) is 6.69. The predicted octanol–water partition coefficient (Wildman–Crippen LogP) is 7.07. The van der Waals surface area contributed by atoms with Crippen molar-refractivity contribution in [3.8, 4) is 11.5 Å². The van der Waals surface area contributed by atoms with Crippen molar-refractivity contribution in [2.24, 2.45) is 0 Å². The van der Waals surface area contributed by atoms with E-state index in [9.17, 15) is 19.8 Å². The van der Waals surface area contributed by atoms with E-state index in [1.54, 1.807) is 0 Å². The molecule has 0 fully saturated rings. The third-order valence-corrected chi connectivity index (χ3v) is 6.09. The van der Waals surface area contributed by atoms with E-state index >= 15 is 0 Å². The van der Waals surface area contributed by atoms with Crippen LogP contribution in [0, 0.1) is 0 Å². The Balaban J connectivity index is 1.92. The topological polar surface area (TPSA) is 83.8 Å². The van der Waals surface area contributed by atoms with Crippen molar-refractivity contribution in [3.63, 3.8) is 0 Å². The third-order valence-electron chi connectivity index (χ3n) is 6.09. The van der Waals surface area contributed by atoms with Crippen LogP contribution < -0.4 is 0 Å². The van der Waals surface area contributed by atoms with Gasteiger partial charge in [-0.3, -0.25) is 9.59 Å². The summed E-state index contributed by atoms with van der Waals surface area (Å²) in [6, 6.07) is 2.46. The molecule has 1 aromatic carbocycles. The average Bonchev–Trinajstić information content (AvgIpc) is 2.78. The molecule has 0 heterocycles. The molecular weight excluding hydrogens is 416 g/mol. The van der Waals surface area contributed by atoms with Crippen LogP contribution >= 0.6 is 0 Å². The lowest BCUT2D eigenvalue weighted by Crippen LogP contribution is -2.27. The van der Waals surface area contributed by atoms with Gasteiger partial charge >= 0.3 is 0 Å². The zero-order valence-corrected chi connectivity index (χ0v) is 20.5. The second kappa shape index (κ2) is 14.0. The highest BCUT2D eigenvalue weighted by Gasteiger charge is 2.34. The van der Waals surface area contributed by atoms with Crippen LogP contribution in [-0.2, 0) is 4.74 Å². The zero-order chi connectivity index (χ0) is 24.2. The largest absolute Gasteiger partial charge is 0.507 e. The smallest absolute Gasteiger partial charge is 0.196 e. The van der Waals surface area contributed by atoms with Gasteiger partial charge in [0.15, 0.2) is 11.6 Å². The molecule has 0 saturated carbocycles. The van der Waals surface area contributed by atoms with Crippen LogP contribution in [0.4, 0.5) is 0 Å². The summed E-state index contributed by atoms with van der Waals surface area (Å²) in [6.07, 6.45) is 15.4. The fourth-order valence-corrected chi connectivity index (χ4v) is 4.17. The van der Waals surface area contributed by atoms with Crippen LogP contribution in [0.3, 0.4) is 0 Å². The van der Waals surface area contributed by atoms with Gasteiger partial charge in [0.1, 0.15) is 11.5 Å². The average molecular weight is 457 g/mol. The molecule has 182 valence electrons. The normalized spacial score (nSPS) is 14.1. The van der Waals surface area contributed by atoms with Gasteiger partial charge < -0.3 is 14.9 Å². The van der Waals surface area contributed by atoms with Crippen molar-refractivity contribution in [2.75, 3.05) is 6.61 Å². The Hall–Kier alpha value is -2.40. The number of rotatable bonds is 15. The predicted molar refractivity (Wildman–Crippen MR) is 132 cm³/mol. The maximum Gasteiger partial charge on any atom is 0.196 e. The van der Waals surface area contributed by atoms with Crippen molar-refractivity contribution in [1.82, 2.24) is 0 Å². The third kappa shape index (κ3) is 8.15. The Morgan fingerprint density at radius 3 is 2.00 bits per heavy atom. The Kier molecular flexibility index (Phi) is 11.4. The van der Waals surface area contributed by atoms with E-state index in [-0.39, 0.29) is 28.2 Å². The molecule has 0 saturated heterocycles. The SMILES string of the molecule is CCCCCCCCCCCCOC(CC=C(C)C)C1=CC(=O)c2c(O)ccc(O)c2C1=O. The van der Waals surface area contributed by atoms with Crippen LogP contribution in [0.25, 0.3) is 0 Å². The number of allylic oxidation sites excluding steroid dienone is 2. The van der Waals surface area contributed by atoms with E-state index in [1.165, 1.54) is 69.6 Å². The Bertz CT molecular complexity index is 861. The highest BCUT2D eigenvalue weighted by Crippen LogP contribution is 2.36. The van der Waals surface area contributed by atoms with Gasteiger partial charge in [0.2, 0.25) is 0 Å². The molecule has 1 atom stereocenters. The van der Waals surface area contributed by atoms with Crippen molar-refractivity contribution >= 4 is 11.6 Å². The lowest BCUT2D eigenvalue weighted by Gasteiger charge is -2.24. The molecule has 5 heteroatoms. The second-order valence-corrected chi connectivity index (χ2v) is 9.21. The molecule has 0 radical (unpaired) electrons. The number of phenolic OH excluding ortho intramolecular Hbond substituents is 2. The van der Waals surface area contributed by atoms with E-state index in [2.05, 4.69) is 6.92 Å². The van der Waals surface area contributed by atoms with E-state index in [1.807, 2.05) is 19.9 Å². The maximum absolute atomic E-state index is 13.1. The first-order valence-electron chi connectivity index (χ1n) is 12.5. The molecule has 33 heavy (non-hydrogen) atoms. The number of hydrogen-bond donors (Lipinski definition) is 2. The van der Waals surface area contributed by atoms with Crippen LogP contribution in [0.2, 0.25) is 0 Å². The van der Waals surface area contributed by atoms with E-state index < -0.39 is 17.7 Å². The highest BCUT2D eigenvalue weighted by molar-refractivity contribution is 6.27. The summed E-state index contributed by atoms with van der Waals surface area (Å²) >= 11 is 0. The minimum atomic E-state index is -0.565. The first-order valence-corrected chi connectivity index (χ1v) is 12.5. The summed E-state index contributed by atoms with van der Waals surface area (Å²) in [5.41, 5.74) is 1.05. The van der Waals surface area contributed by atoms with Crippen LogP contribution in [0.1, 0.15) is 112 Å². The van der Waals surface area contributed by atoms with Crippen molar-refractivity contribution in [2.45, 2.75) is 97.5 Å². The summed E-state index contributed by atoms with van der Waals surface area (Å²) in [5.74, 6) is -1.56. The fourth-order valence-electron chi connectivity index (χ4n) is 4.17. The number of Topliss-reactive ketones (excluding diaryl/α,β-unsaturated/α-hetero) is 1. The first-order chi connectivity index (χ1) is 15.9. The highest BCUT2D eigenvalue weighted by atomic mass is 16.5. The minimum absolute atomic E-state index is 0.137. The van der Waals surface area contributed by atoms with Gasteiger partial charge in [0, 0.05) is 12.2 Å². The van der Waals surface area contributed by atoms with Gasteiger partial charge in [-0.2, -0.15) is 0 Å². The van der Waals surface area contributed by atoms with Gasteiger partial charge in [0.25, 0.3) is 0 Å². The lowest BCUT2D eigenvalue weighted by molar-refractivity contribution is 0.0670. The molecule has 0 aliphatic heterocycles. The quantitative estimate of drug-likeness (QED) is 0.168. The van der Waals surface area contributed by atoms with Crippen molar-refractivity contribution in [3.05, 3.63) is 46.6 Å². The fraction of sp³-hybridized carbons (Fsp3) is 0.571. The number of carbonyl (C=O) groups is 2. The molecule has 2 N–H and O–H groups in total. The molecule has 2 rings (SSSR count). The summed E-state index contributed by atoms with van der Waals surface area (Å²) in [4.78, 5) is 25.8. The number of unbranched alkanes of at least 4 members (excludes halogenated alkanes) is 9. The van der Waals surface area contributed by atoms with Crippen molar-refractivity contribution < 1.29 is 24.5 Å². The number of benzene rings is 1. The van der Waals surface area contributed by atoms with Crippen LogP contribution in [0.5, 0.6) is 11.5 Å². The van der Waals surface area contributed by atoms with Crippen LogP contribution in [0.15, 0.2) is 35.4 Å². The number of hydrogen-bond acceptors (Lipinski definition) is 5. The van der Waals surface area contributed by atoms with Gasteiger partial charge in [-0.15, -0.1) is 0 Å². The van der Waals surface area contributed by atoms with E-state index in [0.29, 0.717) is 13.0 Å². The molecule has 1 unspecified atom stereocenters. The molecule has 0 bridgehead atoms. The molecule has 1 aliphatic rings. The monoisotopic (exact) mass is 456 g/mol. The second-order valence-electron chi connectivity index (χ2n) is 9.21. The molecule has 0 aromatic heterocycles. The maximum atomic E-state index is 13.1. The van der Waals surface area contributed by atoms with E-state index in [0.717, 1.165) is 18.4 Å². The molecule has 1 aromatic rings. The van der Waals surface area contributed by atoms with Crippen LogP contribution in [-0.4, -0.2) is 34.5 Å². The Morgan fingerprint density at radius 1 is 0.879 bits per heavy atom. The number of phenols is 2. The molecule has 1 aliphatic carbocycles. The Labute approximate surface area is 198 Å². The number of carbonyl (C=O) groups excluding carboxylic acids is 2. The minimum Gasteiger partial charge on any atom is -0.507 e. The van der Waals surface area contributed by atoms with Gasteiger partial charge in [-0.1, -0.05) is 76.4 Å². The number of fused-ring (bicyclic) bond motifs is 1. The van der Waals surface area contributed by atoms with Gasteiger partial charge in [-0.05, 0) is 44.9 Å². The molecular formula is C28H40O5. The number of ketones is 2. The molecule has 0 amide bonds. The Morgan fingerprint density at radius 2 is 1.42 bits per heavy atom. The standard InChI is InChI=1S/C28H40O5/c1-4-5-6-7-8-9-10-11-12-13-18-33-25(17-14-20(2)3)21-19-24(31)26-22(29)15-16-23(30)27(26)28(21)32/h14-16,19,25,29-30H,4-13,17-18H2,1-3H3. The number of ether oxygens (including phenoxy) is 1. The molecule has 5 nitrogen and oxygen atoms in total. The summed E-state index contributed by atoms with van der Waals surface area (Å²) in [7, 11) is 0. The summed E-state index contributed by atoms with van der Waals surface area (Å²) < 4.78 is 6.08. The molecule has 0 spiro atoms. The van der Waals surface area contributed by atoms with Gasteiger partial charge in [0.05, 0.1) is 17.2 Å². The van der Waals surface area contributed by atoms with Crippen molar-refractivity contribution in [1.29, 1.82) is 0 Å². The lowest BCUT2D eigenvalue weighted by atomic mass is 9.85. The first kappa shape index (κ1) is 26.8. The van der Waals surface area contributed by atoms with E-state index in [4.69, 9.17) is 4.74 Å². The van der Waals surface area contributed by atoms with Gasteiger partial charge in [-0.25, -0.2) is 0 Å².